The molecule has 1 aromatic carbocycles. The van der Waals surface area contributed by atoms with E-state index in [4.69, 9.17) is 18.9 Å². The van der Waals surface area contributed by atoms with Gasteiger partial charge < -0.3 is 65.1 Å². The van der Waals surface area contributed by atoms with Gasteiger partial charge in [0, 0.05) is 30.5 Å². The van der Waals surface area contributed by atoms with E-state index in [9.17, 15) is 50.4 Å². The molecule has 9 N–H and O–H groups in total. The smallest absolute Gasteiger partial charge is 0.340 e. The highest BCUT2D eigenvalue weighted by Gasteiger charge is 2.57. The summed E-state index contributed by atoms with van der Waals surface area (Å²) in [5.74, 6) is -2.34. The number of carbonyl (C=O) groups excluding carboxylic acids is 1. The Kier molecular flexibility index (Phi) is 9.98. The SMILES string of the molecule is COc1cc(OC)c([C@]2(C(=O)O)C[C@H](O)[C@@H](NC(C)=O)[C@H]([C@H](O)[C@H](O)CO)O2)cc1[C@H]1O[C@@H](C)[C@@H](O)[C@@H](O)[C@@H]1O. The summed E-state index contributed by atoms with van der Waals surface area (Å²) in [4.78, 5) is 24.8. The molecular formula is C25H37NO14. The minimum absolute atomic E-state index is 0.0405. The second-order valence-electron chi connectivity index (χ2n) is 9.98. The van der Waals surface area contributed by atoms with Crippen LogP contribution in [0.5, 0.6) is 11.5 Å². The number of methoxy groups -OCH3 is 2. The lowest BCUT2D eigenvalue weighted by Gasteiger charge is -2.47. The van der Waals surface area contributed by atoms with Crippen LogP contribution < -0.4 is 14.8 Å². The number of amides is 1. The molecule has 2 aliphatic rings. The van der Waals surface area contributed by atoms with Gasteiger partial charge in [-0.25, -0.2) is 4.79 Å². The molecule has 40 heavy (non-hydrogen) atoms. The summed E-state index contributed by atoms with van der Waals surface area (Å²) in [6.07, 6.45) is -14.8. The monoisotopic (exact) mass is 575 g/mol. The second-order valence-corrected chi connectivity index (χ2v) is 9.98. The number of ether oxygens (including phenoxy) is 4. The molecule has 3 rings (SSSR count). The summed E-state index contributed by atoms with van der Waals surface area (Å²) >= 11 is 0. The molecule has 2 heterocycles. The fraction of sp³-hybridized carbons (Fsp3) is 0.680. The largest absolute Gasteiger partial charge is 0.496 e. The lowest BCUT2D eigenvalue weighted by molar-refractivity contribution is -0.233. The number of carbonyl (C=O) groups is 2. The van der Waals surface area contributed by atoms with Gasteiger partial charge in [0.15, 0.2) is 5.60 Å². The molecule has 0 radical (unpaired) electrons. The van der Waals surface area contributed by atoms with Gasteiger partial charge in [-0.2, -0.15) is 0 Å². The summed E-state index contributed by atoms with van der Waals surface area (Å²) in [6.45, 7) is 1.64. The third kappa shape index (κ3) is 5.74. The van der Waals surface area contributed by atoms with Gasteiger partial charge in [-0.3, -0.25) is 4.79 Å². The maximum absolute atomic E-state index is 12.9. The van der Waals surface area contributed by atoms with Crippen LogP contribution in [0, 0.1) is 0 Å². The van der Waals surface area contributed by atoms with Crippen molar-refractivity contribution in [1.82, 2.24) is 5.32 Å². The molecule has 0 bridgehead atoms. The van der Waals surface area contributed by atoms with Crippen molar-refractivity contribution in [3.05, 3.63) is 23.3 Å². The number of carboxylic acids is 1. The van der Waals surface area contributed by atoms with Gasteiger partial charge in [-0.1, -0.05) is 0 Å². The Hall–Kier alpha value is -2.60. The molecule has 15 nitrogen and oxygen atoms in total. The average molecular weight is 576 g/mol. The number of rotatable bonds is 9. The molecule has 0 saturated carbocycles. The Bertz CT molecular complexity index is 1070. The Morgan fingerprint density at radius 3 is 2.23 bits per heavy atom. The second kappa shape index (κ2) is 12.5. The van der Waals surface area contributed by atoms with Crippen molar-refractivity contribution in [2.75, 3.05) is 20.8 Å². The van der Waals surface area contributed by atoms with Gasteiger partial charge in [0.2, 0.25) is 5.91 Å². The number of carboxylic acid groups (broad SMARTS) is 1. The van der Waals surface area contributed by atoms with Crippen molar-refractivity contribution in [2.45, 2.75) is 86.8 Å². The maximum atomic E-state index is 12.9. The van der Waals surface area contributed by atoms with E-state index < -0.39 is 91.5 Å². The van der Waals surface area contributed by atoms with E-state index in [1.165, 1.54) is 33.3 Å². The molecule has 226 valence electrons. The first-order chi connectivity index (χ1) is 18.7. The van der Waals surface area contributed by atoms with Crippen molar-refractivity contribution in [2.24, 2.45) is 0 Å². The van der Waals surface area contributed by atoms with E-state index in [1.54, 1.807) is 0 Å². The van der Waals surface area contributed by atoms with Crippen molar-refractivity contribution < 1.29 is 69.4 Å². The molecule has 2 fully saturated rings. The minimum Gasteiger partial charge on any atom is -0.496 e. The van der Waals surface area contributed by atoms with Crippen LogP contribution >= 0.6 is 0 Å². The summed E-state index contributed by atoms with van der Waals surface area (Å²) in [5.41, 5.74) is -2.66. The number of aliphatic hydroxyl groups excluding tert-OH is 7. The molecular weight excluding hydrogens is 538 g/mol. The number of aliphatic carboxylic acids is 1. The highest BCUT2D eigenvalue weighted by atomic mass is 16.6. The van der Waals surface area contributed by atoms with Gasteiger partial charge in [0.25, 0.3) is 0 Å². The molecule has 0 aliphatic carbocycles. The maximum Gasteiger partial charge on any atom is 0.340 e. The molecule has 0 aromatic heterocycles. The fourth-order valence-electron chi connectivity index (χ4n) is 5.21. The Labute approximate surface area is 229 Å². The van der Waals surface area contributed by atoms with Gasteiger partial charge in [-0.05, 0) is 13.0 Å². The Morgan fingerprint density at radius 2 is 1.70 bits per heavy atom. The van der Waals surface area contributed by atoms with Gasteiger partial charge in [0.1, 0.15) is 54.2 Å². The summed E-state index contributed by atoms with van der Waals surface area (Å²) in [6, 6.07) is 1.11. The zero-order chi connectivity index (χ0) is 30.1. The molecule has 11 atom stereocenters. The van der Waals surface area contributed by atoms with E-state index in [-0.39, 0.29) is 22.6 Å². The summed E-state index contributed by atoms with van der Waals surface area (Å²) in [5, 5.41) is 85.4. The number of hydrogen-bond donors (Lipinski definition) is 9. The van der Waals surface area contributed by atoms with E-state index in [1.807, 2.05) is 0 Å². The van der Waals surface area contributed by atoms with Crippen molar-refractivity contribution in [3.8, 4) is 11.5 Å². The standard InChI is InChI=1S/C25H37NO14/c1-9-18(31)20(33)21(34)22(39-9)11-5-12(16(38-4)6-15(11)37-3)25(24(35)36)7-13(29)17(26-10(2)28)23(40-25)19(32)14(30)8-27/h5-6,9,13-14,17-23,27,29-34H,7-8H2,1-4H3,(H,26,28)(H,35,36)/t9-,13-,14+,17+,18+,19+,20+,21-,22+,23+,25-/m0/s1. The van der Waals surface area contributed by atoms with Gasteiger partial charge >= 0.3 is 5.97 Å². The zero-order valence-electron chi connectivity index (χ0n) is 22.4. The zero-order valence-corrected chi connectivity index (χ0v) is 22.4. The highest BCUT2D eigenvalue weighted by molar-refractivity contribution is 5.82. The molecule has 0 spiro atoms. The van der Waals surface area contributed by atoms with E-state index in [0.717, 1.165) is 6.92 Å². The van der Waals surface area contributed by atoms with Crippen molar-refractivity contribution in [3.63, 3.8) is 0 Å². The van der Waals surface area contributed by atoms with Crippen LogP contribution in [0.15, 0.2) is 12.1 Å². The first-order valence-corrected chi connectivity index (χ1v) is 12.5. The number of nitrogens with one attached hydrogen (secondary N) is 1. The normalized spacial score (nSPS) is 35.9. The van der Waals surface area contributed by atoms with E-state index >= 15 is 0 Å². The van der Waals surface area contributed by atoms with Crippen LogP contribution in [0.25, 0.3) is 0 Å². The first-order valence-electron chi connectivity index (χ1n) is 12.5. The van der Waals surface area contributed by atoms with Crippen LogP contribution in [0.1, 0.15) is 37.5 Å². The Balaban J connectivity index is 2.23. The molecule has 0 unspecified atom stereocenters. The average Bonchev–Trinajstić information content (AvgIpc) is 2.92. The number of aliphatic hydroxyl groups is 7. The summed E-state index contributed by atoms with van der Waals surface area (Å²) < 4.78 is 22.5. The van der Waals surface area contributed by atoms with Crippen LogP contribution in [-0.4, -0.2) is 128 Å². The van der Waals surface area contributed by atoms with Crippen molar-refractivity contribution in [1.29, 1.82) is 0 Å². The fourth-order valence-corrected chi connectivity index (χ4v) is 5.21. The number of benzene rings is 1. The molecule has 1 amide bonds. The number of hydrogen-bond acceptors (Lipinski definition) is 13. The van der Waals surface area contributed by atoms with Crippen LogP contribution in [0.4, 0.5) is 0 Å². The third-order valence-corrected chi connectivity index (χ3v) is 7.38. The van der Waals surface area contributed by atoms with E-state index in [0.29, 0.717) is 0 Å². The first kappa shape index (κ1) is 31.9. The molecule has 15 heteroatoms. The highest BCUT2D eigenvalue weighted by Crippen LogP contribution is 2.48. The summed E-state index contributed by atoms with van der Waals surface area (Å²) in [7, 11) is 2.51. The van der Waals surface area contributed by atoms with Crippen LogP contribution in [-0.2, 0) is 24.7 Å². The van der Waals surface area contributed by atoms with Gasteiger partial charge in [-0.15, -0.1) is 0 Å². The Morgan fingerprint density at radius 1 is 1.07 bits per heavy atom. The van der Waals surface area contributed by atoms with Gasteiger partial charge in [0.05, 0.1) is 39.1 Å². The van der Waals surface area contributed by atoms with Crippen molar-refractivity contribution >= 4 is 11.9 Å². The predicted octanol–water partition coefficient (Wildman–Crippen LogP) is -3.11. The minimum atomic E-state index is -2.48. The third-order valence-electron chi connectivity index (χ3n) is 7.38. The van der Waals surface area contributed by atoms with Crippen LogP contribution in [0.2, 0.25) is 0 Å². The molecule has 1 aromatic rings. The quantitative estimate of drug-likeness (QED) is 0.142. The predicted molar refractivity (Wildman–Crippen MR) is 132 cm³/mol. The van der Waals surface area contributed by atoms with E-state index in [2.05, 4.69) is 5.32 Å². The lowest BCUT2D eigenvalue weighted by Crippen LogP contribution is -2.66. The molecule has 2 saturated heterocycles. The topological polar surface area (TPSA) is 245 Å². The molecule has 2 aliphatic heterocycles. The van der Waals surface area contributed by atoms with Crippen LogP contribution in [0.3, 0.4) is 0 Å². The lowest BCUT2D eigenvalue weighted by atomic mass is 9.78.